The van der Waals surface area contributed by atoms with Crippen LogP contribution in [0.25, 0.3) is 32.4 Å². The van der Waals surface area contributed by atoms with Crippen molar-refractivity contribution in [3.05, 3.63) is 65.4 Å². The van der Waals surface area contributed by atoms with Crippen LogP contribution in [0, 0.1) is 27.7 Å². The van der Waals surface area contributed by atoms with E-state index in [9.17, 15) is 0 Å². The van der Waals surface area contributed by atoms with Gasteiger partial charge in [0.25, 0.3) is 0 Å². The lowest BCUT2D eigenvalue weighted by Crippen LogP contribution is -3.00. The Morgan fingerprint density at radius 1 is 0.730 bits per heavy atom. The van der Waals surface area contributed by atoms with Crippen molar-refractivity contribution in [2.75, 3.05) is 21.0 Å². The Morgan fingerprint density at radius 3 is 1.92 bits per heavy atom. The molecule has 1 aliphatic heterocycles. The number of methoxy groups -OCH3 is 2. The first-order valence-electron chi connectivity index (χ1n) is 11.8. The van der Waals surface area contributed by atoms with E-state index in [1.807, 2.05) is 46.9 Å². The Hall–Kier alpha value is -3.84. The summed E-state index contributed by atoms with van der Waals surface area (Å²) in [6.45, 7) is 8.20. The number of fused-ring (bicyclic) bond motifs is 6. The van der Waals surface area contributed by atoms with Crippen LogP contribution in [0.3, 0.4) is 0 Å². The molecule has 0 radical (unpaired) electrons. The number of nitrogens with zero attached hydrogens (tertiary/aromatic N) is 3. The summed E-state index contributed by atoms with van der Waals surface area (Å²) in [5, 5.41) is 5.54. The van der Waals surface area contributed by atoms with Gasteiger partial charge >= 0.3 is 0 Å². The molecule has 1 aliphatic rings. The van der Waals surface area contributed by atoms with Crippen LogP contribution in [-0.2, 0) is 7.05 Å². The molecule has 5 aromatic rings. The molecule has 3 heterocycles. The summed E-state index contributed by atoms with van der Waals surface area (Å²) in [6.07, 6.45) is 2.09. The van der Waals surface area contributed by atoms with Gasteiger partial charge < -0.3 is 31.4 Å². The number of ether oxygens (including phenoxy) is 4. The van der Waals surface area contributed by atoms with Crippen LogP contribution >= 0.6 is 0 Å². The lowest BCUT2D eigenvalue weighted by Gasteiger charge is -2.12. The first-order chi connectivity index (χ1) is 17.3. The summed E-state index contributed by atoms with van der Waals surface area (Å²) >= 11 is 0. The van der Waals surface area contributed by atoms with E-state index in [-0.39, 0.29) is 19.2 Å². The normalized spacial score (nSPS) is 11.8. The van der Waals surface area contributed by atoms with E-state index >= 15 is 0 Å². The van der Waals surface area contributed by atoms with Crippen molar-refractivity contribution in [2.24, 2.45) is 7.05 Å². The summed E-state index contributed by atoms with van der Waals surface area (Å²) < 4.78 is 24.3. The van der Waals surface area contributed by atoms with Crippen LogP contribution in [0.5, 0.6) is 23.0 Å². The molecule has 0 bridgehead atoms. The average molecular weight is 520 g/mol. The maximum atomic E-state index is 5.63. The second-order valence-electron chi connectivity index (χ2n) is 8.96. The minimum absolute atomic E-state index is 0. The molecule has 7 nitrogen and oxygen atoms in total. The van der Waals surface area contributed by atoms with Gasteiger partial charge in [-0.1, -0.05) is 6.07 Å². The number of hydrogen-bond acceptors (Lipinski definition) is 6. The summed E-state index contributed by atoms with van der Waals surface area (Å²) in [5.74, 6) is 3.06. The van der Waals surface area contributed by atoms with Crippen LogP contribution in [0.4, 0.5) is 0 Å². The maximum absolute atomic E-state index is 5.63. The van der Waals surface area contributed by atoms with E-state index in [1.165, 1.54) is 0 Å². The van der Waals surface area contributed by atoms with E-state index in [1.54, 1.807) is 14.2 Å². The standard InChI is InChI=1S/C21H18NO4.C8H12N2.ClH/c1-22-10-16-13(6-7-17(23-2)21(16)24-3)14-5-4-12-8-18-19(26-11-25-18)9-15(12)20(14)22;1-5-6(2)10-8(4)7(3)9-5;/h4-10H,11H2,1-3H3;1-4H3;1H/q+1;;/p-1. The molecule has 3 aromatic carbocycles. The van der Waals surface area contributed by atoms with Gasteiger partial charge in [0, 0.05) is 5.39 Å². The lowest BCUT2D eigenvalue weighted by atomic mass is 10.00. The second-order valence-corrected chi connectivity index (χ2v) is 8.96. The summed E-state index contributed by atoms with van der Waals surface area (Å²) in [5.41, 5.74) is 5.26. The van der Waals surface area contributed by atoms with Crippen molar-refractivity contribution in [3.63, 3.8) is 0 Å². The highest BCUT2D eigenvalue weighted by Gasteiger charge is 2.22. The number of aryl methyl sites for hydroxylation is 5. The van der Waals surface area contributed by atoms with Crippen molar-refractivity contribution in [1.29, 1.82) is 0 Å². The zero-order chi connectivity index (χ0) is 25.6. The fourth-order valence-electron chi connectivity index (χ4n) is 4.69. The third-order valence-electron chi connectivity index (χ3n) is 6.75. The van der Waals surface area contributed by atoms with Crippen molar-refractivity contribution in [3.8, 4) is 23.0 Å². The van der Waals surface area contributed by atoms with Gasteiger partial charge in [-0.15, -0.1) is 0 Å². The van der Waals surface area contributed by atoms with Crippen LogP contribution in [0.1, 0.15) is 22.8 Å². The van der Waals surface area contributed by atoms with Crippen LogP contribution in [0.15, 0.2) is 42.6 Å². The van der Waals surface area contributed by atoms with Gasteiger partial charge in [-0.05, 0) is 63.4 Å². The molecule has 0 unspecified atom stereocenters. The highest BCUT2D eigenvalue weighted by molar-refractivity contribution is 6.15. The molecule has 0 spiro atoms. The Labute approximate surface area is 222 Å². The van der Waals surface area contributed by atoms with E-state index in [2.05, 4.69) is 45.0 Å². The number of benzene rings is 3. The van der Waals surface area contributed by atoms with Crippen molar-refractivity contribution in [2.45, 2.75) is 27.7 Å². The zero-order valence-corrected chi connectivity index (χ0v) is 22.9. The Morgan fingerprint density at radius 2 is 1.32 bits per heavy atom. The lowest BCUT2D eigenvalue weighted by molar-refractivity contribution is -0.642. The van der Waals surface area contributed by atoms with Gasteiger partial charge in [0.15, 0.2) is 29.2 Å². The molecule has 0 N–H and O–H groups in total. The highest BCUT2D eigenvalue weighted by Crippen LogP contribution is 2.41. The van der Waals surface area contributed by atoms with Gasteiger partial charge in [0.1, 0.15) is 7.05 Å². The molecule has 0 amide bonds. The Kier molecular flexibility index (Phi) is 7.28. The monoisotopic (exact) mass is 519 g/mol. The Bertz CT molecular complexity index is 1600. The van der Waals surface area contributed by atoms with Gasteiger partial charge in [-0.3, -0.25) is 9.97 Å². The van der Waals surface area contributed by atoms with E-state index in [0.29, 0.717) is 0 Å². The van der Waals surface area contributed by atoms with Crippen LogP contribution in [-0.4, -0.2) is 31.0 Å². The number of hydrogen-bond donors (Lipinski definition) is 0. The van der Waals surface area contributed by atoms with Crippen LogP contribution < -0.4 is 35.9 Å². The first-order valence-corrected chi connectivity index (χ1v) is 11.8. The highest BCUT2D eigenvalue weighted by atomic mass is 35.5. The molecule has 8 heteroatoms. The fraction of sp³-hybridized carbons (Fsp3) is 0.276. The molecule has 6 rings (SSSR count). The van der Waals surface area contributed by atoms with Gasteiger partial charge in [0.05, 0.1) is 53.2 Å². The molecule has 0 saturated heterocycles. The molecule has 37 heavy (non-hydrogen) atoms. The molecular formula is C29H30ClN3O4. The third kappa shape index (κ3) is 4.55. The number of rotatable bonds is 2. The summed E-state index contributed by atoms with van der Waals surface area (Å²) in [6, 6.07) is 12.4. The second kappa shape index (κ2) is 10.3. The number of pyridine rings is 1. The minimum Gasteiger partial charge on any atom is -1.00 e. The van der Waals surface area contributed by atoms with E-state index < -0.39 is 0 Å². The molecular weight excluding hydrogens is 490 g/mol. The zero-order valence-electron chi connectivity index (χ0n) is 22.1. The van der Waals surface area contributed by atoms with Crippen LogP contribution in [0.2, 0.25) is 0 Å². The average Bonchev–Trinajstić information content (AvgIpc) is 3.33. The van der Waals surface area contributed by atoms with Gasteiger partial charge in [-0.25, -0.2) is 0 Å². The minimum atomic E-state index is 0. The molecule has 0 fully saturated rings. The smallest absolute Gasteiger partial charge is 0.231 e. The summed E-state index contributed by atoms with van der Waals surface area (Å²) in [4.78, 5) is 8.62. The third-order valence-corrected chi connectivity index (χ3v) is 6.75. The summed E-state index contributed by atoms with van der Waals surface area (Å²) in [7, 11) is 5.37. The molecule has 0 atom stereocenters. The predicted molar refractivity (Wildman–Crippen MR) is 140 cm³/mol. The fourth-order valence-corrected chi connectivity index (χ4v) is 4.69. The van der Waals surface area contributed by atoms with Gasteiger partial charge in [-0.2, -0.15) is 4.57 Å². The molecule has 0 aliphatic carbocycles. The number of aromatic nitrogens is 3. The maximum Gasteiger partial charge on any atom is 0.231 e. The topological polar surface area (TPSA) is 66.6 Å². The van der Waals surface area contributed by atoms with Gasteiger partial charge in [0.2, 0.25) is 12.3 Å². The predicted octanol–water partition coefficient (Wildman–Crippen LogP) is 2.43. The van der Waals surface area contributed by atoms with Crippen molar-refractivity contribution in [1.82, 2.24) is 9.97 Å². The largest absolute Gasteiger partial charge is 1.00 e. The van der Waals surface area contributed by atoms with Crippen molar-refractivity contribution >= 4 is 32.4 Å². The van der Waals surface area contributed by atoms with Crippen molar-refractivity contribution < 1.29 is 35.9 Å². The quantitative estimate of drug-likeness (QED) is 0.264. The number of halogens is 1. The Balaban J connectivity index is 0.000000248. The molecule has 0 saturated carbocycles. The van der Waals surface area contributed by atoms with E-state index in [4.69, 9.17) is 18.9 Å². The molecule has 192 valence electrons. The first kappa shape index (κ1) is 26.2. The van der Waals surface area contributed by atoms with E-state index in [0.717, 1.165) is 78.2 Å². The SMILES string of the molecule is COc1ccc2c(c[n+](C)c3c4cc5c(cc4ccc23)OCO5)c1OC.Cc1nc(C)c(C)nc1C.[Cl-]. The molecule has 2 aromatic heterocycles.